The van der Waals surface area contributed by atoms with Crippen molar-refractivity contribution in [3.05, 3.63) is 45.9 Å². The molecule has 1 aliphatic rings. The van der Waals surface area contributed by atoms with Crippen molar-refractivity contribution in [1.82, 2.24) is 15.6 Å². The molecule has 2 amide bonds. The molecule has 6 heteroatoms. The van der Waals surface area contributed by atoms with Crippen LogP contribution in [0.3, 0.4) is 0 Å². The van der Waals surface area contributed by atoms with Crippen LogP contribution in [-0.4, -0.2) is 24.1 Å². The molecule has 0 saturated carbocycles. The van der Waals surface area contributed by atoms with E-state index >= 15 is 0 Å². The van der Waals surface area contributed by atoms with Gasteiger partial charge in [0.1, 0.15) is 0 Å². The number of aromatic nitrogens is 1. The van der Waals surface area contributed by atoms with E-state index < -0.39 is 0 Å². The third-order valence-corrected chi connectivity index (χ3v) is 5.19. The van der Waals surface area contributed by atoms with E-state index in [2.05, 4.69) is 44.8 Å². The number of nitrogens with zero attached hydrogens (tertiary/aromatic N) is 2. The van der Waals surface area contributed by atoms with Crippen LogP contribution in [0.15, 0.2) is 30.5 Å². The monoisotopic (exact) mass is 344 g/mol. The quantitative estimate of drug-likeness (QED) is 0.871. The number of carbonyl (C=O) groups is 1. The van der Waals surface area contributed by atoms with Crippen LogP contribution in [0, 0.1) is 6.92 Å². The fourth-order valence-corrected chi connectivity index (χ4v) is 3.69. The molecule has 24 heavy (non-hydrogen) atoms. The lowest BCUT2D eigenvalue weighted by Crippen LogP contribution is -2.36. The molecule has 1 aromatic heterocycles. The number of thiazole rings is 1. The van der Waals surface area contributed by atoms with Crippen molar-refractivity contribution in [2.24, 2.45) is 0 Å². The van der Waals surface area contributed by atoms with Crippen LogP contribution < -0.4 is 15.5 Å². The van der Waals surface area contributed by atoms with E-state index in [0.29, 0.717) is 6.54 Å². The number of urea groups is 1. The SMILES string of the molecule is Cc1ncc(CNC(=O)N[C@@H](C)c2cccc(N3CCCC3)c2)s1. The number of rotatable bonds is 5. The lowest BCUT2D eigenvalue weighted by Gasteiger charge is -2.20. The molecular weight excluding hydrogens is 320 g/mol. The minimum absolute atomic E-state index is 0.0317. The highest BCUT2D eigenvalue weighted by Gasteiger charge is 2.15. The lowest BCUT2D eigenvalue weighted by atomic mass is 10.1. The molecule has 1 atom stereocenters. The molecule has 1 fully saturated rings. The Morgan fingerprint density at radius 1 is 1.38 bits per heavy atom. The third-order valence-electron chi connectivity index (χ3n) is 4.28. The van der Waals surface area contributed by atoms with E-state index in [-0.39, 0.29) is 12.1 Å². The van der Waals surface area contributed by atoms with Gasteiger partial charge in [0.05, 0.1) is 17.6 Å². The second kappa shape index (κ2) is 7.66. The predicted octanol–water partition coefficient (Wildman–Crippen LogP) is 3.61. The Labute approximate surface area is 147 Å². The molecule has 3 rings (SSSR count). The summed E-state index contributed by atoms with van der Waals surface area (Å²) < 4.78 is 0. The van der Waals surface area contributed by atoms with Gasteiger partial charge >= 0.3 is 6.03 Å². The summed E-state index contributed by atoms with van der Waals surface area (Å²) in [5, 5.41) is 6.91. The number of carbonyl (C=O) groups excluding carboxylic acids is 1. The summed E-state index contributed by atoms with van der Waals surface area (Å²) in [6, 6.07) is 8.28. The van der Waals surface area contributed by atoms with E-state index in [1.54, 1.807) is 11.3 Å². The van der Waals surface area contributed by atoms with E-state index in [1.165, 1.54) is 18.5 Å². The van der Waals surface area contributed by atoms with Gasteiger partial charge < -0.3 is 15.5 Å². The number of aryl methyl sites for hydroxylation is 1. The maximum absolute atomic E-state index is 12.1. The fraction of sp³-hybridized carbons (Fsp3) is 0.444. The zero-order valence-electron chi connectivity index (χ0n) is 14.2. The number of nitrogens with one attached hydrogen (secondary N) is 2. The Kier molecular flexibility index (Phi) is 5.35. The van der Waals surface area contributed by atoms with Gasteiger partial charge in [-0.3, -0.25) is 0 Å². The number of amides is 2. The third kappa shape index (κ3) is 4.26. The molecule has 1 saturated heterocycles. The molecule has 128 valence electrons. The standard InChI is InChI=1S/C18H24N4OS/c1-13(21-18(23)20-12-17-11-19-14(2)24-17)15-6-5-7-16(10-15)22-8-3-4-9-22/h5-7,10-11,13H,3-4,8-9,12H2,1-2H3,(H2,20,21,23)/t13-/m0/s1. The summed E-state index contributed by atoms with van der Waals surface area (Å²) in [5.74, 6) is 0. The number of benzene rings is 1. The average Bonchev–Trinajstić information content (AvgIpc) is 3.24. The molecule has 0 radical (unpaired) electrons. The smallest absolute Gasteiger partial charge is 0.315 e. The predicted molar refractivity (Wildman–Crippen MR) is 98.5 cm³/mol. The molecule has 0 unspecified atom stereocenters. The first kappa shape index (κ1) is 16.8. The van der Waals surface area contributed by atoms with Crippen LogP contribution in [0.1, 0.15) is 41.3 Å². The molecule has 2 heterocycles. The van der Waals surface area contributed by atoms with Crippen LogP contribution in [0.2, 0.25) is 0 Å². The Morgan fingerprint density at radius 3 is 2.88 bits per heavy atom. The maximum atomic E-state index is 12.1. The number of hydrogen-bond donors (Lipinski definition) is 2. The minimum atomic E-state index is -0.153. The van der Waals surface area contributed by atoms with Crippen LogP contribution >= 0.6 is 11.3 Å². The molecule has 0 spiro atoms. The summed E-state index contributed by atoms with van der Waals surface area (Å²) >= 11 is 1.60. The van der Waals surface area contributed by atoms with Gasteiger partial charge in [-0.1, -0.05) is 12.1 Å². The Morgan fingerprint density at radius 2 is 2.17 bits per heavy atom. The maximum Gasteiger partial charge on any atom is 0.315 e. The second-order valence-corrected chi connectivity index (χ2v) is 7.50. The minimum Gasteiger partial charge on any atom is -0.372 e. The van der Waals surface area contributed by atoms with Crippen LogP contribution in [0.5, 0.6) is 0 Å². The molecule has 1 aromatic carbocycles. The van der Waals surface area contributed by atoms with Gasteiger partial charge in [-0.25, -0.2) is 9.78 Å². The first-order valence-corrected chi connectivity index (χ1v) is 9.24. The Hall–Kier alpha value is -2.08. The van der Waals surface area contributed by atoms with E-state index in [1.807, 2.05) is 20.0 Å². The highest BCUT2D eigenvalue weighted by atomic mass is 32.1. The van der Waals surface area contributed by atoms with Crippen molar-refractivity contribution in [2.75, 3.05) is 18.0 Å². The summed E-state index contributed by atoms with van der Waals surface area (Å²) in [6.07, 6.45) is 4.33. The van der Waals surface area contributed by atoms with Gasteiger partial charge in [-0.05, 0) is 44.4 Å². The molecule has 0 bridgehead atoms. The summed E-state index contributed by atoms with van der Waals surface area (Å²) in [6.45, 7) is 6.74. The number of hydrogen-bond acceptors (Lipinski definition) is 4. The first-order valence-electron chi connectivity index (χ1n) is 8.42. The van der Waals surface area contributed by atoms with E-state index in [0.717, 1.165) is 28.5 Å². The average molecular weight is 344 g/mol. The van der Waals surface area contributed by atoms with Gasteiger partial charge in [-0.15, -0.1) is 11.3 Å². The largest absolute Gasteiger partial charge is 0.372 e. The van der Waals surface area contributed by atoms with E-state index in [4.69, 9.17) is 0 Å². The molecule has 1 aliphatic heterocycles. The zero-order chi connectivity index (χ0) is 16.9. The topological polar surface area (TPSA) is 57.3 Å². The lowest BCUT2D eigenvalue weighted by molar-refractivity contribution is 0.237. The molecule has 2 N–H and O–H groups in total. The molecule has 0 aliphatic carbocycles. The van der Waals surface area contributed by atoms with Crippen molar-refractivity contribution in [3.8, 4) is 0 Å². The number of anilines is 1. The van der Waals surface area contributed by atoms with Crippen LogP contribution in [0.4, 0.5) is 10.5 Å². The molecule has 2 aromatic rings. The van der Waals surface area contributed by atoms with Crippen LogP contribution in [-0.2, 0) is 6.54 Å². The highest BCUT2D eigenvalue weighted by molar-refractivity contribution is 7.11. The zero-order valence-corrected chi connectivity index (χ0v) is 15.0. The molecule has 5 nitrogen and oxygen atoms in total. The summed E-state index contributed by atoms with van der Waals surface area (Å²) in [5.41, 5.74) is 2.38. The highest BCUT2D eigenvalue weighted by Crippen LogP contribution is 2.23. The van der Waals surface area contributed by atoms with Crippen molar-refractivity contribution < 1.29 is 4.79 Å². The van der Waals surface area contributed by atoms with Crippen LogP contribution in [0.25, 0.3) is 0 Å². The van der Waals surface area contributed by atoms with Gasteiger partial charge in [0, 0.05) is 29.9 Å². The van der Waals surface area contributed by atoms with Crippen molar-refractivity contribution in [1.29, 1.82) is 0 Å². The summed E-state index contributed by atoms with van der Waals surface area (Å²) in [4.78, 5) is 19.8. The van der Waals surface area contributed by atoms with Crippen molar-refractivity contribution in [3.63, 3.8) is 0 Å². The van der Waals surface area contributed by atoms with E-state index in [9.17, 15) is 4.79 Å². The van der Waals surface area contributed by atoms with Crippen molar-refractivity contribution >= 4 is 23.1 Å². The Bertz CT molecular complexity index is 694. The summed E-state index contributed by atoms with van der Waals surface area (Å²) in [7, 11) is 0. The van der Waals surface area contributed by atoms with Gasteiger partial charge in [0.25, 0.3) is 0 Å². The second-order valence-electron chi connectivity index (χ2n) is 6.18. The molecular formula is C18H24N4OS. The van der Waals surface area contributed by atoms with Crippen molar-refractivity contribution in [2.45, 2.75) is 39.3 Å². The Balaban J connectivity index is 1.54. The van der Waals surface area contributed by atoms with Gasteiger partial charge in [-0.2, -0.15) is 0 Å². The first-order chi connectivity index (χ1) is 11.6. The fourth-order valence-electron chi connectivity index (χ4n) is 2.95. The normalized spacial score (nSPS) is 15.3. The van der Waals surface area contributed by atoms with Gasteiger partial charge in [0.2, 0.25) is 0 Å². The van der Waals surface area contributed by atoms with Gasteiger partial charge in [0.15, 0.2) is 0 Å².